The van der Waals surface area contributed by atoms with Crippen molar-refractivity contribution in [1.29, 1.82) is 0 Å². The quantitative estimate of drug-likeness (QED) is 0.524. The molecule has 3 rings (SSSR count). The van der Waals surface area contributed by atoms with Gasteiger partial charge in [-0.25, -0.2) is 8.42 Å². The molecule has 1 aromatic heterocycles. The van der Waals surface area contributed by atoms with Crippen LogP contribution in [0.25, 0.3) is 0 Å². The van der Waals surface area contributed by atoms with Crippen molar-refractivity contribution in [1.82, 2.24) is 10.5 Å². The van der Waals surface area contributed by atoms with Crippen LogP contribution < -0.4 is 10.1 Å². The third-order valence-electron chi connectivity index (χ3n) is 4.66. The van der Waals surface area contributed by atoms with Gasteiger partial charge in [-0.2, -0.15) is 0 Å². The molecule has 2 aromatic carbocycles. The van der Waals surface area contributed by atoms with Gasteiger partial charge >= 0.3 is 0 Å². The molecule has 0 saturated carbocycles. The van der Waals surface area contributed by atoms with Crippen molar-refractivity contribution < 1.29 is 22.5 Å². The predicted molar refractivity (Wildman–Crippen MR) is 112 cm³/mol. The minimum absolute atomic E-state index is 0.0221. The van der Waals surface area contributed by atoms with Crippen LogP contribution in [0.2, 0.25) is 0 Å². The number of carbonyl (C=O) groups excluding carboxylic acids is 1. The third kappa shape index (κ3) is 5.48. The summed E-state index contributed by atoms with van der Waals surface area (Å²) in [4.78, 5) is 12.6. The normalized spacial score (nSPS) is 11.3. The maximum atomic E-state index is 12.3. The summed E-state index contributed by atoms with van der Waals surface area (Å²) in [6.45, 7) is 4.29. The Morgan fingerprint density at radius 3 is 2.40 bits per heavy atom. The first-order valence-electron chi connectivity index (χ1n) is 9.57. The predicted octanol–water partition coefficient (Wildman–Crippen LogP) is 3.46. The molecule has 0 spiro atoms. The van der Waals surface area contributed by atoms with Crippen molar-refractivity contribution in [3.63, 3.8) is 0 Å². The van der Waals surface area contributed by atoms with Crippen molar-refractivity contribution in [3.05, 3.63) is 77.2 Å². The van der Waals surface area contributed by atoms with Crippen molar-refractivity contribution in [2.24, 2.45) is 0 Å². The van der Waals surface area contributed by atoms with E-state index in [2.05, 4.69) is 10.5 Å². The number of nitrogens with one attached hydrogen (secondary N) is 1. The first-order chi connectivity index (χ1) is 14.4. The summed E-state index contributed by atoms with van der Waals surface area (Å²) >= 11 is 0. The van der Waals surface area contributed by atoms with Crippen LogP contribution >= 0.6 is 0 Å². The van der Waals surface area contributed by atoms with E-state index in [0.29, 0.717) is 29.2 Å². The van der Waals surface area contributed by atoms with Crippen molar-refractivity contribution in [3.8, 4) is 5.75 Å². The minimum Gasteiger partial charge on any atom is -0.489 e. The Morgan fingerprint density at radius 1 is 1.07 bits per heavy atom. The Kier molecular flexibility index (Phi) is 6.89. The third-order valence-corrected chi connectivity index (χ3v) is 6.48. The molecule has 0 saturated heterocycles. The fourth-order valence-corrected chi connectivity index (χ4v) is 4.21. The lowest BCUT2D eigenvalue weighted by atomic mass is 10.2. The summed E-state index contributed by atoms with van der Waals surface area (Å²) in [5, 5.41) is 6.63. The van der Waals surface area contributed by atoms with Gasteiger partial charge in [0.2, 0.25) is 0 Å². The lowest BCUT2D eigenvalue weighted by Crippen LogP contribution is -2.26. The first-order valence-corrected chi connectivity index (χ1v) is 11.2. The molecule has 8 heteroatoms. The van der Waals surface area contributed by atoms with Gasteiger partial charge in [-0.3, -0.25) is 4.79 Å². The van der Waals surface area contributed by atoms with E-state index in [-0.39, 0.29) is 18.2 Å². The number of rotatable bonds is 9. The van der Waals surface area contributed by atoms with Crippen molar-refractivity contribution in [2.45, 2.75) is 31.8 Å². The van der Waals surface area contributed by atoms with Gasteiger partial charge in [-0.1, -0.05) is 23.4 Å². The van der Waals surface area contributed by atoms with Crippen LogP contribution in [0.1, 0.15) is 33.8 Å². The molecule has 30 heavy (non-hydrogen) atoms. The first kappa shape index (κ1) is 21.6. The zero-order valence-corrected chi connectivity index (χ0v) is 17.7. The lowest BCUT2D eigenvalue weighted by molar-refractivity contribution is 0.0953. The smallest absolute Gasteiger partial charge is 0.251 e. The number of carbonyl (C=O) groups is 1. The van der Waals surface area contributed by atoms with Crippen LogP contribution in [0.4, 0.5) is 0 Å². The lowest BCUT2D eigenvalue weighted by Gasteiger charge is -2.08. The molecule has 0 atom stereocenters. The van der Waals surface area contributed by atoms with Gasteiger partial charge in [0.25, 0.3) is 5.91 Å². The van der Waals surface area contributed by atoms with E-state index in [4.69, 9.17) is 9.26 Å². The monoisotopic (exact) mass is 428 g/mol. The molecule has 0 aliphatic rings. The van der Waals surface area contributed by atoms with Gasteiger partial charge in [-0.15, -0.1) is 0 Å². The zero-order valence-electron chi connectivity index (χ0n) is 16.9. The highest BCUT2D eigenvalue weighted by Gasteiger charge is 2.14. The molecule has 7 nitrogen and oxygen atoms in total. The van der Waals surface area contributed by atoms with Crippen molar-refractivity contribution in [2.75, 3.05) is 12.3 Å². The fraction of sp³-hybridized carbons (Fsp3) is 0.273. The second-order valence-corrected chi connectivity index (χ2v) is 8.97. The summed E-state index contributed by atoms with van der Waals surface area (Å²) in [5.41, 5.74) is 2.17. The van der Waals surface area contributed by atoms with Gasteiger partial charge in [0.1, 0.15) is 18.1 Å². The Balaban J connectivity index is 1.45. The number of nitrogens with zero attached hydrogens (tertiary/aromatic N) is 1. The Morgan fingerprint density at radius 2 is 1.77 bits per heavy atom. The topological polar surface area (TPSA) is 98.5 Å². The SMILES string of the molecule is Cc1noc(C)c1COc1ccc(C(=O)NCCCS(=O)(=O)c2ccccc2)cc1. The number of aromatic nitrogens is 1. The number of hydrogen-bond acceptors (Lipinski definition) is 6. The summed E-state index contributed by atoms with van der Waals surface area (Å²) < 4.78 is 35.3. The molecule has 0 aliphatic carbocycles. The molecule has 1 N–H and O–H groups in total. The number of hydrogen-bond donors (Lipinski definition) is 1. The fourth-order valence-electron chi connectivity index (χ4n) is 2.88. The maximum Gasteiger partial charge on any atom is 0.251 e. The Bertz CT molecular complexity index is 1070. The molecule has 0 radical (unpaired) electrons. The number of aryl methyl sites for hydroxylation is 2. The molecule has 1 amide bonds. The molecule has 0 fully saturated rings. The highest BCUT2D eigenvalue weighted by atomic mass is 32.2. The average Bonchev–Trinajstić information content (AvgIpc) is 3.08. The summed E-state index contributed by atoms with van der Waals surface area (Å²) in [5.74, 6) is 1.06. The number of amides is 1. The summed E-state index contributed by atoms with van der Waals surface area (Å²) in [6.07, 6.45) is 0.335. The van der Waals surface area contributed by atoms with Crippen LogP contribution in [-0.2, 0) is 16.4 Å². The van der Waals surface area contributed by atoms with E-state index in [1.807, 2.05) is 13.8 Å². The number of sulfone groups is 1. The van der Waals surface area contributed by atoms with E-state index >= 15 is 0 Å². The maximum absolute atomic E-state index is 12.3. The molecule has 3 aromatic rings. The largest absolute Gasteiger partial charge is 0.489 e. The second kappa shape index (κ2) is 9.58. The number of benzene rings is 2. The molecule has 0 bridgehead atoms. The minimum atomic E-state index is -3.34. The standard InChI is InChI=1S/C22H24N2O5S/c1-16-21(17(2)29-24-16)15-28-19-11-9-18(10-12-19)22(25)23-13-6-14-30(26,27)20-7-4-3-5-8-20/h3-5,7-12H,6,13-15H2,1-2H3,(H,23,25). The zero-order chi connectivity index (χ0) is 21.6. The highest BCUT2D eigenvalue weighted by molar-refractivity contribution is 7.91. The van der Waals surface area contributed by atoms with Gasteiger partial charge in [0, 0.05) is 12.1 Å². The van der Waals surface area contributed by atoms with Crippen molar-refractivity contribution >= 4 is 15.7 Å². The highest BCUT2D eigenvalue weighted by Crippen LogP contribution is 2.18. The van der Waals surface area contributed by atoms with Gasteiger partial charge in [0.05, 0.1) is 21.9 Å². The molecular weight excluding hydrogens is 404 g/mol. The van der Waals surface area contributed by atoms with E-state index in [0.717, 1.165) is 17.0 Å². The van der Waals surface area contributed by atoms with E-state index in [1.54, 1.807) is 54.6 Å². The van der Waals surface area contributed by atoms with Crippen LogP contribution in [-0.4, -0.2) is 31.8 Å². The summed E-state index contributed by atoms with van der Waals surface area (Å²) in [7, 11) is -3.34. The van der Waals surface area contributed by atoms with Crippen LogP contribution in [0.3, 0.4) is 0 Å². The second-order valence-electron chi connectivity index (χ2n) is 6.86. The molecule has 0 unspecified atom stereocenters. The Labute approximate surface area is 176 Å². The van der Waals surface area contributed by atoms with E-state index in [9.17, 15) is 13.2 Å². The van der Waals surface area contributed by atoms with E-state index < -0.39 is 9.84 Å². The number of ether oxygens (including phenoxy) is 1. The van der Waals surface area contributed by atoms with Gasteiger partial charge < -0.3 is 14.6 Å². The van der Waals surface area contributed by atoms with Crippen LogP contribution in [0, 0.1) is 13.8 Å². The van der Waals surface area contributed by atoms with Crippen LogP contribution in [0.15, 0.2) is 64.0 Å². The molecule has 0 aliphatic heterocycles. The molecule has 158 valence electrons. The molecular formula is C22H24N2O5S. The summed E-state index contributed by atoms with van der Waals surface area (Å²) in [6, 6.07) is 15.1. The Hall–Kier alpha value is -3.13. The van der Waals surface area contributed by atoms with E-state index in [1.165, 1.54) is 0 Å². The van der Waals surface area contributed by atoms with Gasteiger partial charge in [0.15, 0.2) is 9.84 Å². The average molecular weight is 429 g/mol. The molecule has 1 heterocycles. The van der Waals surface area contributed by atoms with Gasteiger partial charge in [-0.05, 0) is 56.7 Å². The van der Waals surface area contributed by atoms with Crippen LogP contribution in [0.5, 0.6) is 5.75 Å².